The summed E-state index contributed by atoms with van der Waals surface area (Å²) in [4.78, 5) is 0. The van der Waals surface area contributed by atoms with Crippen LogP contribution in [0, 0.1) is 13.8 Å². The van der Waals surface area contributed by atoms with Gasteiger partial charge in [0.2, 0.25) is 0 Å². The summed E-state index contributed by atoms with van der Waals surface area (Å²) < 4.78 is 13.7. The molecule has 1 aromatic heterocycles. The van der Waals surface area contributed by atoms with Gasteiger partial charge in [-0.15, -0.1) is 0 Å². The van der Waals surface area contributed by atoms with Gasteiger partial charge >= 0.3 is 0 Å². The first-order valence-electron chi connectivity index (χ1n) is 6.26. The first-order chi connectivity index (χ1) is 9.45. The van der Waals surface area contributed by atoms with E-state index in [9.17, 15) is 4.21 Å². The van der Waals surface area contributed by atoms with Gasteiger partial charge in [0.05, 0.1) is 17.1 Å². The molecule has 0 unspecified atom stereocenters. The number of hydrogen-bond acceptors (Lipinski definition) is 2. The zero-order valence-electron chi connectivity index (χ0n) is 11.6. The second-order valence-corrected chi connectivity index (χ2v) is 6.74. The van der Waals surface area contributed by atoms with Crippen LogP contribution in [0.15, 0.2) is 41.9 Å². The topological polar surface area (TPSA) is 34.9 Å². The summed E-state index contributed by atoms with van der Waals surface area (Å²) in [6.45, 7) is 7.56. The highest BCUT2D eigenvalue weighted by molar-refractivity contribution is 7.84. The SMILES string of the molecule is C=C(Cl)C[S@@](=O)Cc1ccc(-n2nc(C)cc2C)cc1. The van der Waals surface area contributed by atoms with E-state index >= 15 is 0 Å². The first kappa shape index (κ1) is 15.0. The van der Waals surface area contributed by atoms with Crippen LogP contribution in [0.25, 0.3) is 5.69 Å². The molecule has 0 fully saturated rings. The molecular formula is C15H17ClN2OS. The van der Waals surface area contributed by atoms with E-state index in [4.69, 9.17) is 11.6 Å². The van der Waals surface area contributed by atoms with Crippen molar-refractivity contribution in [1.29, 1.82) is 0 Å². The smallest absolute Gasteiger partial charge is 0.0648 e. The van der Waals surface area contributed by atoms with Crippen LogP contribution in [-0.2, 0) is 16.6 Å². The molecule has 0 spiro atoms. The van der Waals surface area contributed by atoms with Crippen LogP contribution < -0.4 is 0 Å². The van der Waals surface area contributed by atoms with Crippen molar-refractivity contribution >= 4 is 22.4 Å². The van der Waals surface area contributed by atoms with Gasteiger partial charge < -0.3 is 0 Å². The Labute approximate surface area is 126 Å². The Morgan fingerprint density at radius 2 is 2.00 bits per heavy atom. The molecule has 1 aromatic carbocycles. The summed E-state index contributed by atoms with van der Waals surface area (Å²) >= 11 is 5.66. The molecule has 0 aliphatic heterocycles. The predicted molar refractivity (Wildman–Crippen MR) is 84.7 cm³/mol. The molecular weight excluding hydrogens is 292 g/mol. The largest absolute Gasteiger partial charge is 0.259 e. The van der Waals surface area contributed by atoms with Crippen molar-refractivity contribution in [3.05, 3.63) is 58.9 Å². The fourth-order valence-electron chi connectivity index (χ4n) is 2.04. The average molecular weight is 309 g/mol. The summed E-state index contributed by atoms with van der Waals surface area (Å²) in [6, 6.07) is 9.96. The van der Waals surface area contributed by atoms with E-state index in [0.29, 0.717) is 16.5 Å². The highest BCUT2D eigenvalue weighted by atomic mass is 35.5. The molecule has 0 aliphatic carbocycles. The Bertz CT molecular complexity index is 646. The van der Waals surface area contributed by atoms with Gasteiger partial charge in [-0.2, -0.15) is 5.10 Å². The lowest BCUT2D eigenvalue weighted by molar-refractivity contribution is 0.684. The number of hydrogen-bond donors (Lipinski definition) is 0. The number of aromatic nitrogens is 2. The maximum atomic E-state index is 11.8. The highest BCUT2D eigenvalue weighted by Crippen LogP contribution is 2.14. The summed E-state index contributed by atoms with van der Waals surface area (Å²) in [5.74, 6) is 0.823. The van der Waals surface area contributed by atoms with Crippen LogP contribution in [-0.4, -0.2) is 19.7 Å². The van der Waals surface area contributed by atoms with Gasteiger partial charge in [0.1, 0.15) is 0 Å². The van der Waals surface area contributed by atoms with E-state index in [-0.39, 0.29) is 0 Å². The van der Waals surface area contributed by atoms with E-state index in [1.54, 1.807) is 0 Å². The minimum Gasteiger partial charge on any atom is -0.259 e. The molecule has 5 heteroatoms. The fraction of sp³-hybridized carbons (Fsp3) is 0.267. The normalized spacial score (nSPS) is 12.3. The number of halogens is 1. The summed E-state index contributed by atoms with van der Waals surface area (Å²) in [5, 5.41) is 4.87. The lowest BCUT2D eigenvalue weighted by Crippen LogP contribution is -2.02. The molecule has 0 N–H and O–H groups in total. The van der Waals surface area contributed by atoms with Crippen LogP contribution in [0.4, 0.5) is 0 Å². The van der Waals surface area contributed by atoms with Crippen LogP contribution in [0.2, 0.25) is 0 Å². The van der Waals surface area contributed by atoms with Crippen molar-refractivity contribution in [2.45, 2.75) is 19.6 Å². The van der Waals surface area contributed by atoms with Gasteiger partial charge in [-0.25, -0.2) is 4.68 Å². The summed E-state index contributed by atoms with van der Waals surface area (Å²) in [7, 11) is -1.01. The molecule has 0 amide bonds. The maximum Gasteiger partial charge on any atom is 0.0648 e. The third kappa shape index (κ3) is 3.81. The fourth-order valence-corrected chi connectivity index (χ4v) is 3.42. The molecule has 2 rings (SSSR count). The average Bonchev–Trinajstić information content (AvgIpc) is 2.68. The van der Waals surface area contributed by atoms with Gasteiger partial charge in [0, 0.05) is 27.3 Å². The lowest BCUT2D eigenvalue weighted by atomic mass is 10.2. The molecule has 1 heterocycles. The van der Waals surface area contributed by atoms with E-state index < -0.39 is 10.8 Å². The number of aryl methyl sites for hydroxylation is 2. The standard InChI is InChI=1S/C15H17ClN2OS/c1-11(16)9-20(19)10-14-4-6-15(7-5-14)18-13(3)8-12(2)17-18/h4-8H,1,9-10H2,2-3H3/t20-/m1/s1. The molecule has 1 atom stereocenters. The van der Waals surface area contributed by atoms with Gasteiger partial charge in [-0.3, -0.25) is 4.21 Å². The number of rotatable bonds is 5. The van der Waals surface area contributed by atoms with Gasteiger partial charge in [0.15, 0.2) is 0 Å². The van der Waals surface area contributed by atoms with Crippen molar-refractivity contribution in [3.8, 4) is 5.69 Å². The van der Waals surface area contributed by atoms with Crippen molar-refractivity contribution in [1.82, 2.24) is 9.78 Å². The van der Waals surface area contributed by atoms with Crippen LogP contribution >= 0.6 is 11.6 Å². The van der Waals surface area contributed by atoms with Crippen LogP contribution in [0.5, 0.6) is 0 Å². The zero-order chi connectivity index (χ0) is 14.7. The first-order valence-corrected chi connectivity index (χ1v) is 8.13. The van der Waals surface area contributed by atoms with Gasteiger partial charge in [-0.1, -0.05) is 30.3 Å². The van der Waals surface area contributed by atoms with Crippen molar-refractivity contribution < 1.29 is 4.21 Å². The molecule has 0 aliphatic rings. The minimum atomic E-state index is -1.01. The molecule has 106 valence electrons. The molecule has 0 bridgehead atoms. The molecule has 0 radical (unpaired) electrons. The van der Waals surface area contributed by atoms with Gasteiger partial charge in [-0.05, 0) is 37.6 Å². The monoisotopic (exact) mass is 308 g/mol. The van der Waals surface area contributed by atoms with Crippen LogP contribution in [0.1, 0.15) is 17.0 Å². The lowest BCUT2D eigenvalue weighted by Gasteiger charge is -2.06. The Hall–Kier alpha value is -1.39. The highest BCUT2D eigenvalue weighted by Gasteiger charge is 2.06. The zero-order valence-corrected chi connectivity index (χ0v) is 13.2. The predicted octanol–water partition coefficient (Wildman–Crippen LogP) is 3.49. The maximum absolute atomic E-state index is 11.8. The Kier molecular flexibility index (Phi) is 4.78. The molecule has 20 heavy (non-hydrogen) atoms. The third-order valence-electron chi connectivity index (χ3n) is 2.84. The molecule has 0 saturated carbocycles. The third-order valence-corrected chi connectivity index (χ3v) is 4.45. The molecule has 2 aromatic rings. The van der Waals surface area contributed by atoms with Crippen LogP contribution in [0.3, 0.4) is 0 Å². The second kappa shape index (κ2) is 6.37. The van der Waals surface area contributed by atoms with Crippen molar-refractivity contribution in [2.75, 3.05) is 5.75 Å². The summed E-state index contributed by atoms with van der Waals surface area (Å²) in [6.07, 6.45) is 0. The number of benzene rings is 1. The Balaban J connectivity index is 2.12. The van der Waals surface area contributed by atoms with Crippen molar-refractivity contribution in [2.24, 2.45) is 0 Å². The van der Waals surface area contributed by atoms with E-state index in [0.717, 1.165) is 22.6 Å². The molecule has 3 nitrogen and oxygen atoms in total. The van der Waals surface area contributed by atoms with E-state index in [2.05, 4.69) is 11.7 Å². The van der Waals surface area contributed by atoms with E-state index in [1.165, 1.54) is 0 Å². The minimum absolute atomic E-state index is 0.334. The Morgan fingerprint density at radius 1 is 1.35 bits per heavy atom. The quantitative estimate of drug-likeness (QED) is 0.847. The van der Waals surface area contributed by atoms with Crippen molar-refractivity contribution in [3.63, 3.8) is 0 Å². The second-order valence-electron chi connectivity index (χ2n) is 4.75. The molecule has 0 saturated heterocycles. The van der Waals surface area contributed by atoms with Gasteiger partial charge in [0.25, 0.3) is 0 Å². The Morgan fingerprint density at radius 3 is 2.50 bits per heavy atom. The number of nitrogens with zero attached hydrogens (tertiary/aromatic N) is 2. The summed E-state index contributed by atoms with van der Waals surface area (Å²) in [5.41, 5.74) is 4.11. The van der Waals surface area contributed by atoms with E-state index in [1.807, 2.05) is 48.9 Å².